The minimum absolute atomic E-state index is 0.0498. The van der Waals surface area contributed by atoms with Crippen molar-refractivity contribution in [2.75, 3.05) is 19.2 Å². The van der Waals surface area contributed by atoms with Crippen molar-refractivity contribution in [3.8, 4) is 0 Å². The van der Waals surface area contributed by atoms with Gasteiger partial charge in [0.05, 0.1) is 12.5 Å². The number of hydrogen-bond donors (Lipinski definition) is 0. The van der Waals surface area contributed by atoms with Crippen LogP contribution in [0.4, 0.5) is 0 Å². The highest BCUT2D eigenvalue weighted by Crippen LogP contribution is 2.50. The van der Waals surface area contributed by atoms with Crippen molar-refractivity contribution in [1.29, 1.82) is 0 Å². The van der Waals surface area contributed by atoms with Crippen LogP contribution >= 0.6 is 20.2 Å². The Morgan fingerprint density at radius 1 is 0.871 bits per heavy atom. The number of benzene rings is 1. The second-order valence-electron chi connectivity index (χ2n) is 8.90. The molecular weight excluding hydrogens is 427 g/mol. The molecule has 0 saturated carbocycles. The molecule has 0 bridgehead atoms. The summed E-state index contributed by atoms with van der Waals surface area (Å²) in [5, 5.41) is 0.0498. The van der Waals surface area contributed by atoms with E-state index in [9.17, 15) is 4.79 Å². The second kappa shape index (κ2) is 14.6. The summed E-state index contributed by atoms with van der Waals surface area (Å²) in [5.41, 5.74) is 1.87. The fourth-order valence-electron chi connectivity index (χ4n) is 3.47. The van der Waals surface area contributed by atoms with E-state index in [-0.39, 0.29) is 5.12 Å². The average molecular weight is 471 g/mol. The Morgan fingerprint density at radius 2 is 1.35 bits per heavy atom. The van der Waals surface area contributed by atoms with Crippen LogP contribution in [0.3, 0.4) is 0 Å². The fourth-order valence-corrected chi connectivity index (χ4v) is 6.46. The van der Waals surface area contributed by atoms with Gasteiger partial charge < -0.3 is 9.26 Å². The lowest BCUT2D eigenvalue weighted by Gasteiger charge is -2.45. The Balaban J connectivity index is 2.50. The van der Waals surface area contributed by atoms with E-state index in [0.29, 0.717) is 43.3 Å². The molecule has 0 N–H and O–H groups in total. The van der Waals surface area contributed by atoms with Crippen LogP contribution in [0.2, 0.25) is 0 Å². The maximum absolute atomic E-state index is 12.2. The fraction of sp³-hybridized carbons (Fsp3) is 0.708. The number of rotatable bonds is 14. The molecule has 0 unspecified atom stereocenters. The Bertz CT molecular complexity index is 602. The monoisotopic (exact) mass is 470 g/mol. The van der Waals surface area contributed by atoms with Crippen molar-refractivity contribution in [2.24, 2.45) is 0 Å². The molecule has 0 fully saturated rings. The van der Waals surface area contributed by atoms with Crippen molar-refractivity contribution in [2.45, 2.75) is 92.9 Å². The van der Waals surface area contributed by atoms with Gasteiger partial charge in [-0.1, -0.05) is 41.6 Å². The zero-order valence-electron chi connectivity index (χ0n) is 20.9. The normalized spacial score (nSPS) is 12.5. The Morgan fingerprint density at radius 3 is 1.81 bits per heavy atom. The first-order valence-electron chi connectivity index (χ1n) is 11.4. The zero-order chi connectivity index (χ0) is 23.6. The predicted octanol–water partition coefficient (Wildman–Crippen LogP) is 6.71. The maximum atomic E-state index is 12.2. The van der Waals surface area contributed by atoms with E-state index in [1.165, 1.54) is 11.8 Å². The summed E-state index contributed by atoms with van der Waals surface area (Å²) in [6, 6.07) is 9.28. The summed E-state index contributed by atoms with van der Waals surface area (Å²) >= 11 is 1.21. The molecule has 0 aliphatic rings. The molecule has 0 amide bonds. The third kappa shape index (κ3) is 9.89. The molecule has 7 heteroatoms. The van der Waals surface area contributed by atoms with Crippen LogP contribution in [0, 0.1) is 6.92 Å². The Labute approximate surface area is 196 Å². The molecule has 0 atom stereocenters. The van der Waals surface area contributed by atoms with Crippen LogP contribution in [0.25, 0.3) is 0 Å². The van der Waals surface area contributed by atoms with Crippen LogP contribution in [0.1, 0.15) is 77.7 Å². The van der Waals surface area contributed by atoms with Crippen molar-refractivity contribution in [3.05, 3.63) is 35.4 Å². The smallest absolute Gasteiger partial charge is 0.221 e. The summed E-state index contributed by atoms with van der Waals surface area (Å²) in [5.74, 6) is 0.371. The lowest BCUT2D eigenvalue weighted by molar-refractivity contribution is 0.108. The quantitative estimate of drug-likeness (QED) is 0.171. The molecule has 0 heterocycles. The highest BCUT2D eigenvalue weighted by molar-refractivity contribution is 8.14. The number of carbonyl (C=O) groups is 1. The van der Waals surface area contributed by atoms with Crippen molar-refractivity contribution in [1.82, 2.24) is 9.34 Å². The molecule has 0 aliphatic carbocycles. The van der Waals surface area contributed by atoms with Gasteiger partial charge in [-0.3, -0.25) is 4.79 Å². The van der Waals surface area contributed by atoms with E-state index in [2.05, 4.69) is 64.7 Å². The maximum Gasteiger partial charge on any atom is 0.221 e. The van der Waals surface area contributed by atoms with Crippen LogP contribution in [-0.2, 0) is 9.26 Å². The number of thioether (sulfide) groups is 1. The number of hydrogen-bond acceptors (Lipinski definition) is 6. The minimum atomic E-state index is -0.861. The van der Waals surface area contributed by atoms with E-state index in [1.54, 1.807) is 0 Å². The van der Waals surface area contributed by atoms with Crippen molar-refractivity contribution >= 4 is 25.3 Å². The van der Waals surface area contributed by atoms with Crippen molar-refractivity contribution < 1.29 is 14.1 Å². The number of carbonyl (C=O) groups excluding carboxylic acids is 1. The molecule has 31 heavy (non-hydrogen) atoms. The van der Waals surface area contributed by atoms with Crippen LogP contribution in [0.5, 0.6) is 0 Å². The lowest BCUT2D eigenvalue weighted by Crippen LogP contribution is -2.43. The predicted molar refractivity (Wildman–Crippen MR) is 136 cm³/mol. The molecular formula is C24H43N2O3PS. The number of aryl methyl sites for hydroxylation is 1. The Hall–Kier alpha value is -0.490. The van der Waals surface area contributed by atoms with E-state index in [4.69, 9.17) is 9.26 Å². The molecule has 5 nitrogen and oxygen atoms in total. The highest BCUT2D eigenvalue weighted by atomic mass is 32.2. The van der Waals surface area contributed by atoms with Gasteiger partial charge in [0.15, 0.2) is 8.45 Å². The summed E-state index contributed by atoms with van der Waals surface area (Å²) in [4.78, 5) is 12.2. The van der Waals surface area contributed by atoms with Gasteiger partial charge in [-0.2, -0.15) is 0 Å². The van der Waals surface area contributed by atoms with Crippen LogP contribution < -0.4 is 0 Å². The van der Waals surface area contributed by atoms with Crippen molar-refractivity contribution in [3.63, 3.8) is 0 Å². The summed E-state index contributed by atoms with van der Waals surface area (Å²) in [6.45, 7) is 21.2. The molecule has 0 saturated heterocycles. The summed E-state index contributed by atoms with van der Waals surface area (Å²) < 4.78 is 17.2. The van der Waals surface area contributed by atoms with Gasteiger partial charge in [0, 0.05) is 36.3 Å². The van der Waals surface area contributed by atoms with Gasteiger partial charge in [-0.05, 0) is 68.7 Å². The minimum Gasteiger partial charge on any atom is -0.370 e. The van der Waals surface area contributed by atoms with E-state index < -0.39 is 8.45 Å². The zero-order valence-corrected chi connectivity index (χ0v) is 22.6. The summed E-state index contributed by atoms with van der Waals surface area (Å²) in [6.07, 6.45) is 0.812. The average Bonchev–Trinajstić information content (AvgIpc) is 2.66. The first-order chi connectivity index (χ1) is 14.6. The van der Waals surface area contributed by atoms with Gasteiger partial charge >= 0.3 is 0 Å². The molecule has 1 aromatic rings. The van der Waals surface area contributed by atoms with E-state index >= 15 is 0 Å². The van der Waals surface area contributed by atoms with Gasteiger partial charge in [0.1, 0.15) is 0 Å². The molecule has 1 aromatic carbocycles. The van der Waals surface area contributed by atoms with Crippen LogP contribution in [0.15, 0.2) is 24.3 Å². The molecule has 0 radical (unpaired) electrons. The molecule has 0 aliphatic heterocycles. The largest absolute Gasteiger partial charge is 0.370 e. The third-order valence-electron chi connectivity index (χ3n) is 4.71. The SMILES string of the molecule is Cc1ccc(C(=O)SCOCCCOP(N(C(C)C)C(C)C)N(C(C)C)C(C)C)cc1. The molecule has 0 spiro atoms. The number of ether oxygens (including phenoxy) is 1. The third-order valence-corrected chi connectivity index (χ3v) is 8.55. The standard InChI is InChI=1S/C24H43N2O3PS/c1-18(2)25(19(3)4)30(26(20(5)6)21(7)8)29-16-10-15-28-17-31-24(27)23-13-11-22(9)12-14-23/h11-14,18-21H,10,15-17H2,1-9H3. The van der Waals surface area contributed by atoms with Gasteiger partial charge in [-0.15, -0.1) is 0 Å². The molecule has 178 valence electrons. The first kappa shape index (κ1) is 28.5. The number of nitrogens with zero attached hydrogens (tertiary/aromatic N) is 2. The lowest BCUT2D eigenvalue weighted by atomic mass is 10.2. The van der Waals surface area contributed by atoms with Crippen LogP contribution in [-0.4, -0.2) is 57.8 Å². The topological polar surface area (TPSA) is 42.0 Å². The van der Waals surface area contributed by atoms with Gasteiger partial charge in [0.2, 0.25) is 5.12 Å². The van der Waals surface area contributed by atoms with Gasteiger partial charge in [-0.25, -0.2) is 9.34 Å². The van der Waals surface area contributed by atoms with E-state index in [0.717, 1.165) is 17.5 Å². The highest BCUT2D eigenvalue weighted by Gasteiger charge is 2.34. The van der Waals surface area contributed by atoms with Gasteiger partial charge in [0.25, 0.3) is 0 Å². The Kier molecular flexibility index (Phi) is 13.5. The second-order valence-corrected chi connectivity index (χ2v) is 11.5. The summed E-state index contributed by atoms with van der Waals surface area (Å²) in [7, 11) is -0.861. The van der Waals surface area contributed by atoms with E-state index in [1.807, 2.05) is 31.2 Å². The first-order valence-corrected chi connectivity index (χ1v) is 13.5. The molecule has 0 aromatic heterocycles. The molecule has 1 rings (SSSR count).